The number of ketones is 1. The van der Waals surface area contributed by atoms with E-state index >= 15 is 0 Å². The molecular formula is C26H16Cl2FNO5. The molecule has 0 bridgehead atoms. The van der Waals surface area contributed by atoms with Gasteiger partial charge in [0.1, 0.15) is 17.1 Å². The number of ether oxygens (including phenoxy) is 1. The third-order valence-electron chi connectivity index (χ3n) is 5.77. The molecule has 176 valence electrons. The van der Waals surface area contributed by atoms with Gasteiger partial charge in [0.05, 0.1) is 23.7 Å². The van der Waals surface area contributed by atoms with Crippen molar-refractivity contribution in [2.24, 2.45) is 0 Å². The van der Waals surface area contributed by atoms with Gasteiger partial charge in [-0.25, -0.2) is 4.39 Å². The molecule has 1 aromatic heterocycles. The number of rotatable bonds is 5. The summed E-state index contributed by atoms with van der Waals surface area (Å²) in [7, 11) is 1.51. The minimum Gasteiger partial charge on any atom is -0.503 e. The number of aliphatic hydroxyl groups excluding tert-OH is 1. The molecule has 0 saturated heterocycles. The highest BCUT2D eigenvalue weighted by molar-refractivity contribution is 6.31. The number of hydrogen-bond acceptors (Lipinski definition) is 5. The third-order valence-corrected chi connectivity index (χ3v) is 6.29. The lowest BCUT2D eigenvalue weighted by atomic mass is 9.94. The molecule has 9 heteroatoms. The van der Waals surface area contributed by atoms with E-state index in [1.54, 1.807) is 42.5 Å². The van der Waals surface area contributed by atoms with Crippen LogP contribution in [0.15, 0.2) is 82.5 Å². The molecule has 0 aliphatic carbocycles. The second-order valence-electron chi connectivity index (χ2n) is 7.83. The highest BCUT2D eigenvalue weighted by Gasteiger charge is 2.45. The quantitative estimate of drug-likeness (QED) is 0.302. The third kappa shape index (κ3) is 3.92. The van der Waals surface area contributed by atoms with Gasteiger partial charge in [0.2, 0.25) is 5.78 Å². The van der Waals surface area contributed by atoms with E-state index in [1.807, 2.05) is 0 Å². The molecule has 5 rings (SSSR count). The summed E-state index contributed by atoms with van der Waals surface area (Å²) in [5.74, 6) is -2.44. The predicted molar refractivity (Wildman–Crippen MR) is 130 cm³/mol. The van der Waals surface area contributed by atoms with Crippen LogP contribution in [0, 0.1) is 5.82 Å². The van der Waals surface area contributed by atoms with Gasteiger partial charge in [0.25, 0.3) is 5.91 Å². The molecule has 4 aromatic rings. The molecule has 2 heterocycles. The molecule has 1 aliphatic rings. The molecule has 1 unspecified atom stereocenters. The van der Waals surface area contributed by atoms with E-state index in [2.05, 4.69) is 0 Å². The molecule has 0 fully saturated rings. The van der Waals surface area contributed by atoms with Crippen LogP contribution in [0.2, 0.25) is 10.0 Å². The molecule has 1 N–H and O–H groups in total. The van der Waals surface area contributed by atoms with E-state index in [4.69, 9.17) is 32.4 Å². The van der Waals surface area contributed by atoms with Gasteiger partial charge < -0.3 is 14.3 Å². The number of carbonyl (C=O) groups excluding carboxylic acids is 2. The molecule has 1 aliphatic heterocycles. The predicted octanol–water partition coefficient (Wildman–Crippen LogP) is 6.67. The number of carbonyl (C=O) groups is 2. The van der Waals surface area contributed by atoms with Crippen molar-refractivity contribution in [3.63, 3.8) is 0 Å². The lowest BCUT2D eigenvalue weighted by molar-refractivity contribution is -0.117. The Labute approximate surface area is 208 Å². The Bertz CT molecular complexity index is 1530. The maximum absolute atomic E-state index is 13.8. The topological polar surface area (TPSA) is 80.0 Å². The summed E-state index contributed by atoms with van der Waals surface area (Å²) in [5, 5.41) is 11.7. The van der Waals surface area contributed by atoms with Crippen LogP contribution in [0.5, 0.6) is 5.75 Å². The Balaban J connectivity index is 1.66. The number of methoxy groups -OCH3 is 1. The van der Waals surface area contributed by atoms with Crippen LogP contribution in [0.4, 0.5) is 10.1 Å². The highest BCUT2D eigenvalue weighted by atomic mass is 35.5. The van der Waals surface area contributed by atoms with Gasteiger partial charge in [-0.05, 0) is 60.2 Å². The number of amides is 1. The summed E-state index contributed by atoms with van der Waals surface area (Å²) in [6, 6.07) is 15.7. The van der Waals surface area contributed by atoms with Crippen molar-refractivity contribution >= 4 is 51.5 Å². The summed E-state index contributed by atoms with van der Waals surface area (Å²) in [6.45, 7) is 0. The fourth-order valence-corrected chi connectivity index (χ4v) is 4.45. The summed E-state index contributed by atoms with van der Waals surface area (Å²) < 4.78 is 24.7. The zero-order valence-corrected chi connectivity index (χ0v) is 19.6. The van der Waals surface area contributed by atoms with Gasteiger partial charge in [-0.1, -0.05) is 35.3 Å². The zero-order chi connectivity index (χ0) is 24.9. The van der Waals surface area contributed by atoms with E-state index in [0.717, 1.165) is 6.07 Å². The first-order chi connectivity index (χ1) is 16.8. The van der Waals surface area contributed by atoms with Crippen molar-refractivity contribution in [1.29, 1.82) is 0 Å². The van der Waals surface area contributed by atoms with Crippen molar-refractivity contribution < 1.29 is 28.2 Å². The smallest absolute Gasteiger partial charge is 0.294 e. The Morgan fingerprint density at radius 3 is 2.49 bits per heavy atom. The molecule has 0 radical (unpaired) electrons. The van der Waals surface area contributed by atoms with Crippen LogP contribution >= 0.6 is 23.2 Å². The van der Waals surface area contributed by atoms with Gasteiger partial charge in [-0.2, -0.15) is 0 Å². The highest BCUT2D eigenvalue weighted by Crippen LogP contribution is 2.43. The molecule has 35 heavy (non-hydrogen) atoms. The Kier molecular flexibility index (Phi) is 5.75. The van der Waals surface area contributed by atoms with E-state index in [1.165, 1.54) is 30.2 Å². The van der Waals surface area contributed by atoms with Crippen LogP contribution in [0.3, 0.4) is 0 Å². The lowest BCUT2D eigenvalue weighted by Gasteiger charge is -2.27. The summed E-state index contributed by atoms with van der Waals surface area (Å²) in [6.07, 6.45) is 0. The van der Waals surface area contributed by atoms with Crippen molar-refractivity contribution in [2.45, 2.75) is 6.04 Å². The first-order valence-electron chi connectivity index (χ1n) is 10.4. The molecule has 3 aromatic carbocycles. The number of aliphatic hydroxyl groups is 1. The number of benzene rings is 3. The van der Waals surface area contributed by atoms with Gasteiger partial charge >= 0.3 is 0 Å². The number of furan rings is 1. The van der Waals surface area contributed by atoms with E-state index in [9.17, 15) is 19.1 Å². The Hall–Kier alpha value is -3.81. The van der Waals surface area contributed by atoms with Gasteiger partial charge in [0.15, 0.2) is 11.5 Å². The first kappa shape index (κ1) is 23.0. The normalized spacial score (nSPS) is 15.8. The van der Waals surface area contributed by atoms with E-state index in [-0.39, 0.29) is 22.0 Å². The number of hydrogen-bond donors (Lipinski definition) is 1. The molecule has 0 spiro atoms. The van der Waals surface area contributed by atoms with Gasteiger partial charge in [0, 0.05) is 16.1 Å². The molecule has 1 atom stereocenters. The van der Waals surface area contributed by atoms with Crippen molar-refractivity contribution in [3.05, 3.63) is 105 Å². The van der Waals surface area contributed by atoms with E-state index < -0.39 is 29.3 Å². The molecule has 6 nitrogen and oxygen atoms in total. The SMILES string of the molecule is COc1ccc(C2C(C(=O)c3cc4cc(Cl)ccc4o3)=C(O)C(=O)N2c2ccc(F)c(Cl)c2)cc1. The first-order valence-corrected chi connectivity index (χ1v) is 11.1. The van der Waals surface area contributed by atoms with Crippen LogP contribution in [0.25, 0.3) is 11.0 Å². The van der Waals surface area contributed by atoms with Crippen LogP contribution < -0.4 is 9.64 Å². The largest absolute Gasteiger partial charge is 0.503 e. The minimum absolute atomic E-state index is 0.0749. The fraction of sp³-hybridized carbons (Fsp3) is 0.0769. The van der Waals surface area contributed by atoms with Gasteiger partial charge in [-0.15, -0.1) is 0 Å². The maximum Gasteiger partial charge on any atom is 0.294 e. The van der Waals surface area contributed by atoms with Crippen LogP contribution in [0.1, 0.15) is 22.2 Å². The fourth-order valence-electron chi connectivity index (χ4n) is 4.10. The van der Waals surface area contributed by atoms with Gasteiger partial charge in [-0.3, -0.25) is 14.5 Å². The van der Waals surface area contributed by atoms with Crippen LogP contribution in [-0.4, -0.2) is 23.9 Å². The average molecular weight is 512 g/mol. The summed E-state index contributed by atoms with van der Waals surface area (Å²) in [4.78, 5) is 28.0. The standard InChI is InChI=1S/C26H16Cl2FNO5/c1-34-17-6-2-13(3-7-17)23-22(24(31)21-11-14-10-15(27)4-9-20(14)35-21)25(32)26(33)30(23)16-5-8-19(29)18(28)12-16/h2-12,23,32H,1H3. The molecule has 0 saturated carbocycles. The molecule has 1 amide bonds. The van der Waals surface area contributed by atoms with Crippen molar-refractivity contribution in [1.82, 2.24) is 0 Å². The van der Waals surface area contributed by atoms with E-state index in [0.29, 0.717) is 27.3 Å². The second-order valence-corrected chi connectivity index (χ2v) is 8.68. The Morgan fingerprint density at radius 1 is 1.06 bits per heavy atom. The Morgan fingerprint density at radius 2 is 1.80 bits per heavy atom. The van der Waals surface area contributed by atoms with Crippen LogP contribution in [-0.2, 0) is 4.79 Å². The minimum atomic E-state index is -1.04. The average Bonchev–Trinajstić information content (AvgIpc) is 3.39. The summed E-state index contributed by atoms with van der Waals surface area (Å²) >= 11 is 12.0. The van der Waals surface area contributed by atoms with Crippen molar-refractivity contribution in [3.8, 4) is 5.75 Å². The summed E-state index contributed by atoms with van der Waals surface area (Å²) in [5.41, 5.74) is 0.940. The number of Topliss-reactive ketones (excluding diaryl/α,β-unsaturated/α-hetero) is 1. The molecular weight excluding hydrogens is 496 g/mol. The number of anilines is 1. The second kappa shape index (κ2) is 8.76. The number of halogens is 3. The van der Waals surface area contributed by atoms with Crippen molar-refractivity contribution in [2.75, 3.05) is 12.0 Å². The maximum atomic E-state index is 13.8. The number of fused-ring (bicyclic) bond motifs is 1. The zero-order valence-electron chi connectivity index (χ0n) is 18.1. The lowest BCUT2D eigenvalue weighted by Crippen LogP contribution is -2.31. The monoisotopic (exact) mass is 511 g/mol. The number of nitrogens with zero attached hydrogens (tertiary/aromatic N) is 1.